The molecule has 2 nitrogen and oxygen atoms in total. The highest BCUT2D eigenvalue weighted by atomic mass is 15.2. The molecular weight excluding hydrogens is 184 g/mol. The Kier molecular flexibility index (Phi) is 6.26. The third kappa shape index (κ3) is 4.98. The number of unbranched alkanes of at least 4 members (excludes halogenated alkanes) is 1. The lowest BCUT2D eigenvalue weighted by Crippen LogP contribution is -2.42. The van der Waals surface area contributed by atoms with E-state index in [1.165, 1.54) is 51.7 Å². The van der Waals surface area contributed by atoms with E-state index in [1.54, 1.807) is 0 Å². The van der Waals surface area contributed by atoms with Gasteiger partial charge in [0, 0.05) is 12.1 Å². The molecule has 0 bridgehead atoms. The van der Waals surface area contributed by atoms with Gasteiger partial charge >= 0.3 is 0 Å². The Bertz CT molecular complexity index is 159. The first-order valence-corrected chi connectivity index (χ1v) is 6.71. The van der Waals surface area contributed by atoms with E-state index in [0.29, 0.717) is 6.04 Å². The SMILES string of the molecule is CCCCC(C)N1CCCNC(C)CC1. The molecule has 0 aromatic heterocycles. The van der Waals surface area contributed by atoms with Gasteiger partial charge in [-0.1, -0.05) is 19.8 Å². The Balaban J connectivity index is 2.30. The third-order valence-corrected chi connectivity index (χ3v) is 3.56. The summed E-state index contributed by atoms with van der Waals surface area (Å²) in [6.07, 6.45) is 6.69. The molecule has 90 valence electrons. The van der Waals surface area contributed by atoms with Crippen LogP contribution in [0.15, 0.2) is 0 Å². The van der Waals surface area contributed by atoms with Crippen LogP contribution in [0.2, 0.25) is 0 Å². The van der Waals surface area contributed by atoms with Gasteiger partial charge in [-0.05, 0) is 52.7 Å². The summed E-state index contributed by atoms with van der Waals surface area (Å²) in [6, 6.07) is 1.49. The van der Waals surface area contributed by atoms with Crippen LogP contribution in [0.25, 0.3) is 0 Å². The maximum atomic E-state index is 3.56. The van der Waals surface area contributed by atoms with Crippen molar-refractivity contribution in [3.8, 4) is 0 Å². The maximum Gasteiger partial charge on any atom is 0.00669 e. The van der Waals surface area contributed by atoms with Gasteiger partial charge in [-0.15, -0.1) is 0 Å². The molecule has 2 heteroatoms. The fraction of sp³-hybridized carbons (Fsp3) is 1.00. The second kappa shape index (κ2) is 7.24. The zero-order chi connectivity index (χ0) is 11.1. The van der Waals surface area contributed by atoms with Crippen LogP contribution in [0.5, 0.6) is 0 Å². The first-order chi connectivity index (χ1) is 7.24. The zero-order valence-corrected chi connectivity index (χ0v) is 10.8. The molecule has 15 heavy (non-hydrogen) atoms. The second-order valence-electron chi connectivity index (χ2n) is 5.02. The lowest BCUT2D eigenvalue weighted by atomic mass is 10.1. The van der Waals surface area contributed by atoms with Crippen molar-refractivity contribution in [2.24, 2.45) is 0 Å². The third-order valence-electron chi connectivity index (χ3n) is 3.56. The topological polar surface area (TPSA) is 15.3 Å². The number of nitrogens with zero attached hydrogens (tertiary/aromatic N) is 1. The molecule has 0 aliphatic carbocycles. The Morgan fingerprint density at radius 1 is 1.40 bits per heavy atom. The van der Waals surface area contributed by atoms with Crippen LogP contribution < -0.4 is 5.32 Å². The van der Waals surface area contributed by atoms with Gasteiger partial charge in [0.2, 0.25) is 0 Å². The Labute approximate surface area is 95.4 Å². The Morgan fingerprint density at radius 3 is 2.93 bits per heavy atom. The summed E-state index contributed by atoms with van der Waals surface area (Å²) in [6.45, 7) is 10.7. The van der Waals surface area contributed by atoms with E-state index >= 15 is 0 Å². The Hall–Kier alpha value is -0.0800. The van der Waals surface area contributed by atoms with Crippen molar-refractivity contribution < 1.29 is 0 Å². The fourth-order valence-electron chi connectivity index (χ4n) is 2.33. The van der Waals surface area contributed by atoms with Gasteiger partial charge in [-0.2, -0.15) is 0 Å². The number of hydrogen-bond donors (Lipinski definition) is 1. The van der Waals surface area contributed by atoms with Crippen molar-refractivity contribution in [1.82, 2.24) is 10.2 Å². The molecule has 1 fully saturated rings. The van der Waals surface area contributed by atoms with Crippen molar-refractivity contribution in [2.45, 2.75) is 65.0 Å². The standard InChI is InChI=1S/C13H28N2/c1-4-5-7-13(3)15-10-6-9-14-12(2)8-11-15/h12-14H,4-11H2,1-3H3. The lowest BCUT2D eigenvalue weighted by molar-refractivity contribution is 0.174. The smallest absolute Gasteiger partial charge is 0.00669 e. The summed E-state index contributed by atoms with van der Waals surface area (Å²) < 4.78 is 0. The minimum atomic E-state index is 0.700. The van der Waals surface area contributed by atoms with Crippen LogP contribution >= 0.6 is 0 Å². The summed E-state index contributed by atoms with van der Waals surface area (Å²) in [7, 11) is 0. The highest BCUT2D eigenvalue weighted by Gasteiger charge is 2.16. The zero-order valence-electron chi connectivity index (χ0n) is 10.8. The number of hydrogen-bond acceptors (Lipinski definition) is 2. The van der Waals surface area contributed by atoms with Crippen molar-refractivity contribution >= 4 is 0 Å². The van der Waals surface area contributed by atoms with Crippen molar-refractivity contribution in [2.75, 3.05) is 19.6 Å². The van der Waals surface area contributed by atoms with Crippen molar-refractivity contribution in [1.29, 1.82) is 0 Å². The first kappa shape index (κ1) is 13.0. The molecule has 2 atom stereocenters. The molecule has 1 saturated heterocycles. The molecule has 1 N–H and O–H groups in total. The van der Waals surface area contributed by atoms with Gasteiger partial charge < -0.3 is 10.2 Å². The van der Waals surface area contributed by atoms with Crippen molar-refractivity contribution in [3.63, 3.8) is 0 Å². The molecule has 1 aliphatic heterocycles. The van der Waals surface area contributed by atoms with Crippen LogP contribution in [-0.2, 0) is 0 Å². The van der Waals surface area contributed by atoms with Gasteiger partial charge in [0.15, 0.2) is 0 Å². The van der Waals surface area contributed by atoms with Crippen LogP contribution in [0.3, 0.4) is 0 Å². The highest BCUT2D eigenvalue weighted by Crippen LogP contribution is 2.11. The summed E-state index contributed by atoms with van der Waals surface area (Å²) >= 11 is 0. The number of nitrogens with one attached hydrogen (secondary N) is 1. The first-order valence-electron chi connectivity index (χ1n) is 6.71. The fourth-order valence-corrected chi connectivity index (χ4v) is 2.33. The molecule has 0 amide bonds. The summed E-state index contributed by atoms with van der Waals surface area (Å²) in [5.74, 6) is 0. The number of rotatable bonds is 4. The average molecular weight is 212 g/mol. The summed E-state index contributed by atoms with van der Waals surface area (Å²) in [4.78, 5) is 2.69. The highest BCUT2D eigenvalue weighted by molar-refractivity contribution is 4.74. The quantitative estimate of drug-likeness (QED) is 0.770. The molecule has 0 aromatic carbocycles. The van der Waals surface area contributed by atoms with Gasteiger partial charge in [-0.25, -0.2) is 0 Å². The Morgan fingerprint density at radius 2 is 2.20 bits per heavy atom. The molecule has 1 aliphatic rings. The van der Waals surface area contributed by atoms with Crippen LogP contribution in [-0.4, -0.2) is 36.6 Å². The van der Waals surface area contributed by atoms with Gasteiger partial charge in [0.25, 0.3) is 0 Å². The predicted molar refractivity (Wildman–Crippen MR) is 67.3 cm³/mol. The van der Waals surface area contributed by atoms with E-state index < -0.39 is 0 Å². The normalized spacial score (nSPS) is 27.0. The molecule has 0 aromatic rings. The van der Waals surface area contributed by atoms with Gasteiger partial charge in [0.1, 0.15) is 0 Å². The van der Waals surface area contributed by atoms with E-state index in [4.69, 9.17) is 0 Å². The lowest BCUT2D eigenvalue weighted by Gasteiger charge is -2.32. The summed E-state index contributed by atoms with van der Waals surface area (Å²) in [5.41, 5.74) is 0. The van der Waals surface area contributed by atoms with E-state index in [9.17, 15) is 0 Å². The van der Waals surface area contributed by atoms with E-state index in [0.717, 1.165) is 6.04 Å². The van der Waals surface area contributed by atoms with E-state index in [2.05, 4.69) is 31.0 Å². The minimum Gasteiger partial charge on any atom is -0.314 e. The molecule has 1 heterocycles. The average Bonchev–Trinajstić information content (AvgIpc) is 2.21. The van der Waals surface area contributed by atoms with Crippen LogP contribution in [0.4, 0.5) is 0 Å². The second-order valence-corrected chi connectivity index (χ2v) is 5.02. The molecule has 0 saturated carbocycles. The molecule has 0 spiro atoms. The van der Waals surface area contributed by atoms with E-state index in [-0.39, 0.29) is 0 Å². The maximum absolute atomic E-state index is 3.56. The largest absolute Gasteiger partial charge is 0.314 e. The minimum absolute atomic E-state index is 0.700. The van der Waals surface area contributed by atoms with E-state index in [1.807, 2.05) is 0 Å². The van der Waals surface area contributed by atoms with Crippen molar-refractivity contribution in [3.05, 3.63) is 0 Å². The molecule has 2 unspecified atom stereocenters. The van der Waals surface area contributed by atoms with Gasteiger partial charge in [0.05, 0.1) is 0 Å². The predicted octanol–water partition coefficient (Wildman–Crippen LogP) is 2.64. The molecule has 0 radical (unpaired) electrons. The monoisotopic (exact) mass is 212 g/mol. The van der Waals surface area contributed by atoms with Gasteiger partial charge in [-0.3, -0.25) is 0 Å². The molecule has 1 rings (SSSR count). The summed E-state index contributed by atoms with van der Waals surface area (Å²) in [5, 5.41) is 3.56. The van der Waals surface area contributed by atoms with Crippen LogP contribution in [0.1, 0.15) is 52.9 Å². The van der Waals surface area contributed by atoms with Crippen LogP contribution in [0, 0.1) is 0 Å². The molecular formula is C13H28N2.